The number of allylic oxidation sites excluding steroid dienone is 1. The smallest absolute Gasteiger partial charge is 0.545 e. The number of methoxy groups -OCH3 is 1. The van der Waals surface area contributed by atoms with Crippen molar-refractivity contribution < 1.29 is 82.7 Å². The number of carboxylic acid groups (broad SMARTS) is 1. The van der Waals surface area contributed by atoms with Gasteiger partial charge in [-0.15, -0.1) is 0 Å². The molecule has 0 aromatic rings. The standard InChI is InChI=1S/C12H18O5.Rb/c1-7(13)9(12(15)16)5-8-3-4-10(14)11(6-8)17-2;/h5,8,10-11,14H,3-4,6H2,1-2H3,(H,15,16);/q;+1/p-1/b9-5-;. The van der Waals surface area contributed by atoms with Gasteiger partial charge in [-0.3, -0.25) is 4.79 Å². The normalized spacial score (nSPS) is 28.4. The molecule has 18 heavy (non-hydrogen) atoms. The Bertz CT molecular complexity index is 323. The molecule has 0 aromatic carbocycles. The van der Waals surface area contributed by atoms with E-state index in [0.29, 0.717) is 19.3 Å². The van der Waals surface area contributed by atoms with Gasteiger partial charge in [0.05, 0.1) is 18.2 Å². The van der Waals surface area contributed by atoms with Crippen LogP contribution in [-0.4, -0.2) is 36.2 Å². The van der Waals surface area contributed by atoms with Crippen molar-refractivity contribution in [2.75, 3.05) is 7.11 Å². The summed E-state index contributed by atoms with van der Waals surface area (Å²) in [6, 6.07) is 0. The van der Waals surface area contributed by atoms with Gasteiger partial charge in [-0.2, -0.15) is 0 Å². The topological polar surface area (TPSA) is 86.7 Å². The van der Waals surface area contributed by atoms with Gasteiger partial charge < -0.3 is 19.7 Å². The summed E-state index contributed by atoms with van der Waals surface area (Å²) in [5, 5.41) is 20.3. The van der Waals surface area contributed by atoms with E-state index in [0.717, 1.165) is 0 Å². The van der Waals surface area contributed by atoms with Crippen molar-refractivity contribution in [3.8, 4) is 0 Å². The molecule has 1 fully saturated rings. The molecule has 1 aliphatic rings. The maximum absolute atomic E-state index is 11.1. The molecule has 0 spiro atoms. The number of carboxylic acids is 1. The van der Waals surface area contributed by atoms with Gasteiger partial charge in [0.1, 0.15) is 0 Å². The van der Waals surface area contributed by atoms with Crippen molar-refractivity contribution in [3.63, 3.8) is 0 Å². The molecule has 5 nitrogen and oxygen atoms in total. The molecular formula is C12H17O5Rb. The molecule has 1 rings (SSSR count). The zero-order valence-electron chi connectivity index (χ0n) is 11.0. The third kappa shape index (κ3) is 5.31. The molecule has 1 saturated carbocycles. The second kappa shape index (κ2) is 8.71. The molecule has 0 bridgehead atoms. The van der Waals surface area contributed by atoms with Gasteiger partial charge in [0.15, 0.2) is 5.78 Å². The van der Waals surface area contributed by atoms with Crippen molar-refractivity contribution >= 4 is 11.8 Å². The second-order valence-corrected chi connectivity index (χ2v) is 4.34. The number of aliphatic hydroxyl groups is 1. The van der Waals surface area contributed by atoms with Crippen LogP contribution in [0.2, 0.25) is 0 Å². The van der Waals surface area contributed by atoms with Gasteiger partial charge in [-0.25, -0.2) is 0 Å². The molecule has 3 atom stereocenters. The summed E-state index contributed by atoms with van der Waals surface area (Å²) < 4.78 is 5.11. The number of ether oxygens (including phenoxy) is 1. The van der Waals surface area contributed by atoms with E-state index in [2.05, 4.69) is 0 Å². The fourth-order valence-electron chi connectivity index (χ4n) is 2.11. The maximum atomic E-state index is 11.1. The van der Waals surface area contributed by atoms with Crippen LogP contribution in [0.4, 0.5) is 0 Å². The Morgan fingerprint density at radius 1 is 1.39 bits per heavy atom. The van der Waals surface area contributed by atoms with Crippen LogP contribution in [0, 0.1) is 5.92 Å². The summed E-state index contributed by atoms with van der Waals surface area (Å²) >= 11 is 0. The summed E-state index contributed by atoms with van der Waals surface area (Å²) in [7, 11) is 1.50. The number of hydrogen-bond acceptors (Lipinski definition) is 5. The van der Waals surface area contributed by atoms with Gasteiger partial charge in [0.25, 0.3) is 0 Å². The number of hydrogen-bond donors (Lipinski definition) is 1. The number of aliphatic hydroxyl groups excluding tert-OH is 1. The van der Waals surface area contributed by atoms with Crippen LogP contribution in [0.1, 0.15) is 26.2 Å². The SMILES string of the molecule is COC1CC(/C=C(/C(C)=O)C(=O)[O-])CCC1O.[Rb+]. The third-order valence-electron chi connectivity index (χ3n) is 3.10. The molecule has 0 radical (unpaired) electrons. The van der Waals surface area contributed by atoms with Crippen molar-refractivity contribution in [2.45, 2.75) is 38.4 Å². The number of rotatable bonds is 4. The average molecular weight is 327 g/mol. The Kier molecular flexibility index (Phi) is 9.00. The quantitative estimate of drug-likeness (QED) is 0.328. The van der Waals surface area contributed by atoms with E-state index in [1.54, 1.807) is 0 Å². The van der Waals surface area contributed by atoms with Crippen molar-refractivity contribution in [1.29, 1.82) is 0 Å². The molecule has 0 heterocycles. The number of Topliss-reactive ketones (excluding diaryl/α,β-unsaturated/α-hetero) is 1. The van der Waals surface area contributed by atoms with Gasteiger partial charge in [-0.1, -0.05) is 6.08 Å². The maximum Gasteiger partial charge on any atom is 1.00 e. The molecule has 0 amide bonds. The fraction of sp³-hybridized carbons (Fsp3) is 0.667. The Morgan fingerprint density at radius 2 is 2.00 bits per heavy atom. The van der Waals surface area contributed by atoms with Crippen LogP contribution in [-0.2, 0) is 14.3 Å². The zero-order chi connectivity index (χ0) is 13.0. The summed E-state index contributed by atoms with van der Waals surface area (Å²) in [5.74, 6) is -2.03. The Morgan fingerprint density at radius 3 is 2.44 bits per heavy atom. The monoisotopic (exact) mass is 326 g/mol. The first-order valence-corrected chi connectivity index (χ1v) is 5.60. The number of ketones is 1. The van der Waals surface area contributed by atoms with E-state index in [-0.39, 0.29) is 75.8 Å². The minimum absolute atomic E-state index is 0. The van der Waals surface area contributed by atoms with E-state index in [4.69, 9.17) is 4.74 Å². The molecule has 3 unspecified atom stereocenters. The minimum atomic E-state index is -1.45. The molecule has 1 N–H and O–H groups in total. The van der Waals surface area contributed by atoms with Gasteiger partial charge in [0.2, 0.25) is 0 Å². The predicted octanol–water partition coefficient (Wildman–Crippen LogP) is -3.57. The van der Waals surface area contributed by atoms with Crippen molar-refractivity contribution in [3.05, 3.63) is 11.6 Å². The molecule has 1 aliphatic carbocycles. The summed E-state index contributed by atoms with van der Waals surface area (Å²) in [5.41, 5.74) is -0.291. The van der Waals surface area contributed by atoms with Crippen LogP contribution < -0.4 is 63.3 Å². The summed E-state index contributed by atoms with van der Waals surface area (Å²) in [4.78, 5) is 21.9. The summed E-state index contributed by atoms with van der Waals surface area (Å²) in [6.45, 7) is 1.20. The summed E-state index contributed by atoms with van der Waals surface area (Å²) in [6.07, 6.45) is 2.30. The van der Waals surface area contributed by atoms with E-state index >= 15 is 0 Å². The van der Waals surface area contributed by atoms with Gasteiger partial charge in [-0.05, 0) is 32.1 Å². The Labute approximate surface area is 155 Å². The fourth-order valence-corrected chi connectivity index (χ4v) is 2.11. The number of aliphatic carboxylic acids is 1. The number of carbonyl (C=O) groups excluding carboxylic acids is 2. The third-order valence-corrected chi connectivity index (χ3v) is 3.10. The molecule has 0 aromatic heterocycles. The van der Waals surface area contributed by atoms with Gasteiger partial charge >= 0.3 is 58.2 Å². The van der Waals surface area contributed by atoms with Crippen LogP contribution in [0.5, 0.6) is 0 Å². The van der Waals surface area contributed by atoms with Gasteiger partial charge in [0, 0.05) is 12.7 Å². The van der Waals surface area contributed by atoms with Crippen LogP contribution in [0.25, 0.3) is 0 Å². The van der Waals surface area contributed by atoms with E-state index in [1.165, 1.54) is 20.1 Å². The first-order valence-electron chi connectivity index (χ1n) is 5.60. The minimum Gasteiger partial charge on any atom is -0.545 e. The molecule has 0 saturated heterocycles. The first-order chi connectivity index (χ1) is 7.95. The Balaban J connectivity index is 0.00000289. The van der Waals surface area contributed by atoms with Crippen LogP contribution in [0.15, 0.2) is 11.6 Å². The van der Waals surface area contributed by atoms with E-state index < -0.39 is 17.9 Å². The van der Waals surface area contributed by atoms with E-state index in [1.807, 2.05) is 0 Å². The zero-order valence-corrected chi connectivity index (χ0v) is 15.9. The van der Waals surface area contributed by atoms with E-state index in [9.17, 15) is 19.8 Å². The van der Waals surface area contributed by atoms with Crippen molar-refractivity contribution in [1.82, 2.24) is 0 Å². The molecule has 6 heteroatoms. The number of carbonyl (C=O) groups is 2. The predicted molar refractivity (Wildman–Crippen MR) is 57.9 cm³/mol. The second-order valence-electron chi connectivity index (χ2n) is 4.34. The van der Waals surface area contributed by atoms with Crippen LogP contribution in [0.3, 0.4) is 0 Å². The van der Waals surface area contributed by atoms with Crippen molar-refractivity contribution in [2.24, 2.45) is 5.92 Å². The molecular weight excluding hydrogens is 310 g/mol. The first kappa shape index (κ1) is 18.6. The average Bonchev–Trinajstić information content (AvgIpc) is 2.26. The molecule has 96 valence electrons. The Hall–Kier alpha value is 0.605. The van der Waals surface area contributed by atoms with Crippen LogP contribution >= 0.6 is 0 Å². The molecule has 0 aliphatic heterocycles. The largest absolute Gasteiger partial charge is 1.00 e.